The van der Waals surface area contributed by atoms with Gasteiger partial charge in [0.25, 0.3) is 14.1 Å². The number of methoxy groups -OCH3 is 1. The molecule has 0 amide bonds. The van der Waals surface area contributed by atoms with Crippen LogP contribution in [0.2, 0.25) is 17.4 Å². The van der Waals surface area contributed by atoms with E-state index in [9.17, 15) is 0 Å². The summed E-state index contributed by atoms with van der Waals surface area (Å²) in [4.78, 5) is 0. The van der Waals surface area contributed by atoms with Gasteiger partial charge in [0.1, 0.15) is 0 Å². The summed E-state index contributed by atoms with van der Waals surface area (Å²) in [5, 5.41) is 3.09. The van der Waals surface area contributed by atoms with Crippen LogP contribution >= 0.6 is 0 Å². The lowest BCUT2D eigenvalue weighted by molar-refractivity contribution is 0.0600. The van der Waals surface area contributed by atoms with Gasteiger partial charge in [0, 0.05) is 20.2 Å². The third kappa shape index (κ3) is 11.7. The second-order valence-electron chi connectivity index (χ2n) is 4.40. The molecule has 0 aromatic heterocycles. The van der Waals surface area contributed by atoms with E-state index < -0.39 is 0 Å². The summed E-state index contributed by atoms with van der Waals surface area (Å²) in [6.07, 6.45) is 0.505. The predicted octanol–water partition coefficient (Wildman–Crippen LogP) is 2.66. The third-order valence-corrected chi connectivity index (χ3v) is 1.74. The van der Waals surface area contributed by atoms with Crippen LogP contribution in [0, 0.1) is 0 Å². The van der Waals surface area contributed by atoms with E-state index in [1.54, 1.807) is 7.11 Å². The lowest BCUT2D eigenvalue weighted by atomic mass is 10.2. The predicted molar refractivity (Wildman–Crippen MR) is 73.5 cm³/mol. The van der Waals surface area contributed by atoms with Gasteiger partial charge in [0.15, 0.2) is 0 Å². The monoisotopic (exact) mass is 237 g/mol. The molecule has 1 aliphatic heterocycles. The molecule has 0 unspecified atom stereocenters. The summed E-state index contributed by atoms with van der Waals surface area (Å²) < 4.78 is 4.92. The molecule has 90 valence electrons. The van der Waals surface area contributed by atoms with Crippen molar-refractivity contribution in [2.24, 2.45) is 0 Å². The average Bonchev–Trinajstić information content (AvgIpc) is 2.19. The molecule has 0 aliphatic carbocycles. The zero-order chi connectivity index (χ0) is 12.2. The van der Waals surface area contributed by atoms with E-state index in [4.69, 9.17) is 4.74 Å². The second kappa shape index (κ2) is 11.2. The Morgan fingerprint density at radius 3 is 1.31 bits per heavy atom. The largest absolute Gasteiger partial charge is 0.379 e. The van der Waals surface area contributed by atoms with Crippen molar-refractivity contribution in [1.82, 2.24) is 5.32 Å². The van der Waals surface area contributed by atoms with Crippen LogP contribution in [0.25, 0.3) is 0 Å². The highest BCUT2D eigenvalue weighted by molar-refractivity contribution is 6.54. The van der Waals surface area contributed by atoms with Gasteiger partial charge in [-0.25, -0.2) is 0 Å². The molecule has 1 aromatic carbocycles. The lowest BCUT2D eigenvalue weighted by Gasteiger charge is -2.24. The maximum atomic E-state index is 4.92. The molecule has 1 aliphatic rings. The van der Waals surface area contributed by atoms with Gasteiger partial charge >= 0.3 is 0 Å². The van der Waals surface area contributed by atoms with Crippen molar-refractivity contribution in [2.75, 3.05) is 20.2 Å². The van der Waals surface area contributed by atoms with Gasteiger partial charge in [-0.1, -0.05) is 36.4 Å². The maximum absolute atomic E-state index is 4.92. The number of benzene rings is 1. The molecular weight excluding hydrogens is 213 g/mol. The first-order valence-corrected chi connectivity index (χ1v) is 9.36. The summed E-state index contributed by atoms with van der Waals surface area (Å²) >= 11 is -0.139. The fourth-order valence-corrected chi connectivity index (χ4v) is 0.814. The SMILES string of the molecule is COC1CNC1.[CH3][Al]([CH3])[CH3].c1ccccc1. The van der Waals surface area contributed by atoms with Crippen molar-refractivity contribution in [3.63, 3.8) is 0 Å². The van der Waals surface area contributed by atoms with Gasteiger partial charge in [-0.15, -0.1) is 17.4 Å². The van der Waals surface area contributed by atoms with Crippen molar-refractivity contribution < 1.29 is 4.74 Å². The molecule has 2 nitrogen and oxygen atoms in total. The molecule has 0 saturated carbocycles. The molecule has 3 heteroatoms. The van der Waals surface area contributed by atoms with E-state index in [0.29, 0.717) is 6.10 Å². The van der Waals surface area contributed by atoms with Crippen LogP contribution in [0.3, 0.4) is 0 Å². The molecule has 1 heterocycles. The summed E-state index contributed by atoms with van der Waals surface area (Å²) in [6, 6.07) is 12.0. The summed E-state index contributed by atoms with van der Waals surface area (Å²) in [6.45, 7) is 2.08. The highest BCUT2D eigenvalue weighted by Crippen LogP contribution is 1.92. The van der Waals surface area contributed by atoms with Crippen molar-refractivity contribution >= 4 is 14.1 Å². The molecule has 0 radical (unpaired) electrons. The average molecular weight is 237 g/mol. The van der Waals surface area contributed by atoms with Gasteiger partial charge in [-0.05, 0) is 0 Å². The minimum Gasteiger partial charge on any atom is -0.379 e. The molecule has 2 rings (SSSR count). The zero-order valence-electron chi connectivity index (χ0n) is 10.9. The van der Waals surface area contributed by atoms with Gasteiger partial charge < -0.3 is 10.1 Å². The van der Waals surface area contributed by atoms with E-state index in [2.05, 4.69) is 22.7 Å². The van der Waals surface area contributed by atoms with Crippen molar-refractivity contribution in [2.45, 2.75) is 23.5 Å². The first-order chi connectivity index (χ1) is 7.66. The Bertz CT molecular complexity index is 192. The summed E-state index contributed by atoms with van der Waals surface area (Å²) in [5.74, 6) is 6.92. The number of rotatable bonds is 1. The minimum absolute atomic E-state index is 0.139. The van der Waals surface area contributed by atoms with Crippen LogP contribution in [-0.2, 0) is 4.74 Å². The molecule has 0 atom stereocenters. The highest BCUT2D eigenvalue weighted by Gasteiger charge is 2.13. The molecular formula is C13H24AlNO. The zero-order valence-corrected chi connectivity index (χ0v) is 12.1. The Morgan fingerprint density at radius 1 is 0.938 bits per heavy atom. The molecule has 1 saturated heterocycles. The van der Waals surface area contributed by atoms with Crippen LogP contribution in [-0.4, -0.2) is 40.5 Å². The molecule has 1 aromatic rings. The van der Waals surface area contributed by atoms with Crippen LogP contribution in [0.1, 0.15) is 0 Å². The Kier molecular flexibility index (Phi) is 10.9. The van der Waals surface area contributed by atoms with E-state index in [1.807, 2.05) is 36.4 Å². The maximum Gasteiger partial charge on any atom is 0.251 e. The second-order valence-corrected chi connectivity index (χ2v) is 7.87. The van der Waals surface area contributed by atoms with Crippen LogP contribution in [0.4, 0.5) is 0 Å². The molecule has 1 fully saturated rings. The molecule has 16 heavy (non-hydrogen) atoms. The van der Waals surface area contributed by atoms with Crippen LogP contribution in [0.5, 0.6) is 0 Å². The Hall–Kier alpha value is -0.328. The molecule has 0 bridgehead atoms. The Morgan fingerprint density at radius 2 is 1.25 bits per heavy atom. The van der Waals surface area contributed by atoms with Crippen molar-refractivity contribution in [1.29, 1.82) is 0 Å². The third-order valence-electron chi connectivity index (χ3n) is 1.74. The van der Waals surface area contributed by atoms with Gasteiger partial charge in [0.05, 0.1) is 6.10 Å². The lowest BCUT2D eigenvalue weighted by Crippen LogP contribution is -2.47. The number of hydrogen-bond donors (Lipinski definition) is 1. The quantitative estimate of drug-likeness (QED) is 0.758. The van der Waals surface area contributed by atoms with Gasteiger partial charge in [-0.2, -0.15) is 0 Å². The molecule has 1 N–H and O–H groups in total. The van der Waals surface area contributed by atoms with Crippen molar-refractivity contribution in [3.05, 3.63) is 36.4 Å². The fourth-order valence-electron chi connectivity index (χ4n) is 0.814. The summed E-state index contributed by atoms with van der Waals surface area (Å²) in [7, 11) is 1.74. The van der Waals surface area contributed by atoms with E-state index >= 15 is 0 Å². The Balaban J connectivity index is 0.000000217. The highest BCUT2D eigenvalue weighted by atomic mass is 27.2. The van der Waals surface area contributed by atoms with E-state index in [1.165, 1.54) is 0 Å². The normalized spacial score (nSPS) is 13.5. The van der Waals surface area contributed by atoms with E-state index in [0.717, 1.165) is 13.1 Å². The smallest absolute Gasteiger partial charge is 0.251 e. The van der Waals surface area contributed by atoms with E-state index in [-0.39, 0.29) is 14.1 Å². The first kappa shape index (κ1) is 15.7. The summed E-state index contributed by atoms with van der Waals surface area (Å²) in [5.41, 5.74) is 0. The minimum atomic E-state index is -0.139. The van der Waals surface area contributed by atoms with Crippen LogP contribution in [0.15, 0.2) is 36.4 Å². The van der Waals surface area contributed by atoms with Gasteiger partial charge in [0.2, 0.25) is 0 Å². The fraction of sp³-hybridized carbons (Fsp3) is 0.538. The number of nitrogens with one attached hydrogen (secondary N) is 1. The topological polar surface area (TPSA) is 21.3 Å². The first-order valence-electron chi connectivity index (χ1n) is 5.90. The molecule has 0 spiro atoms. The standard InChI is InChI=1S/C6H6.C4H9NO.3CH3.Al/c1-2-4-6-5-3-1;1-6-4-2-5-3-4;;;;/h1-6H;4-5H,2-3H2,1H3;3*1H3;. The van der Waals surface area contributed by atoms with Crippen molar-refractivity contribution in [3.8, 4) is 0 Å². The number of hydrogen-bond acceptors (Lipinski definition) is 2. The van der Waals surface area contributed by atoms with Gasteiger partial charge in [-0.3, -0.25) is 0 Å². The Labute approximate surface area is 104 Å². The van der Waals surface area contributed by atoms with Crippen LogP contribution < -0.4 is 5.32 Å². The number of ether oxygens (including phenoxy) is 1.